The third-order valence-electron chi connectivity index (χ3n) is 3.30. The van der Waals surface area contributed by atoms with Crippen LogP contribution in [0.25, 0.3) is 0 Å². The Bertz CT molecular complexity index is 729. The van der Waals surface area contributed by atoms with E-state index in [9.17, 15) is 8.42 Å². The van der Waals surface area contributed by atoms with Gasteiger partial charge in [-0.1, -0.05) is 19.1 Å². The zero-order valence-electron chi connectivity index (χ0n) is 12.1. The SMILES string of the molecule is CCC(N)c1cccc(S(=O)(=O)Nc2ccncc2C)c1. The zero-order chi connectivity index (χ0) is 15.5. The van der Waals surface area contributed by atoms with Gasteiger partial charge in [0.05, 0.1) is 10.6 Å². The summed E-state index contributed by atoms with van der Waals surface area (Å²) in [4.78, 5) is 4.15. The van der Waals surface area contributed by atoms with Gasteiger partial charge in [-0.15, -0.1) is 0 Å². The summed E-state index contributed by atoms with van der Waals surface area (Å²) in [7, 11) is -3.63. The van der Waals surface area contributed by atoms with E-state index in [4.69, 9.17) is 5.73 Å². The van der Waals surface area contributed by atoms with Crippen LogP contribution >= 0.6 is 0 Å². The van der Waals surface area contributed by atoms with E-state index in [1.807, 2.05) is 13.0 Å². The maximum absolute atomic E-state index is 12.4. The van der Waals surface area contributed by atoms with Gasteiger partial charge in [-0.05, 0) is 42.7 Å². The first-order chi connectivity index (χ1) is 9.94. The topological polar surface area (TPSA) is 85.1 Å². The molecule has 1 unspecified atom stereocenters. The first-order valence-electron chi connectivity index (χ1n) is 6.73. The van der Waals surface area contributed by atoms with Gasteiger partial charge in [-0.2, -0.15) is 0 Å². The number of sulfonamides is 1. The van der Waals surface area contributed by atoms with E-state index in [0.717, 1.165) is 17.5 Å². The molecule has 5 nitrogen and oxygen atoms in total. The number of nitrogens with zero attached hydrogens (tertiary/aromatic N) is 1. The van der Waals surface area contributed by atoms with Crippen molar-refractivity contribution in [3.05, 3.63) is 53.9 Å². The zero-order valence-corrected chi connectivity index (χ0v) is 12.9. The maximum Gasteiger partial charge on any atom is 0.261 e. The van der Waals surface area contributed by atoms with Crippen LogP contribution in [0.2, 0.25) is 0 Å². The second-order valence-corrected chi connectivity index (χ2v) is 6.57. The number of anilines is 1. The first-order valence-corrected chi connectivity index (χ1v) is 8.21. The number of nitrogens with two attached hydrogens (primary N) is 1. The lowest BCUT2D eigenvalue weighted by Crippen LogP contribution is -2.15. The summed E-state index contributed by atoms with van der Waals surface area (Å²) < 4.78 is 27.5. The molecule has 3 N–H and O–H groups in total. The van der Waals surface area contributed by atoms with Crippen LogP contribution in [0.5, 0.6) is 0 Å². The summed E-state index contributed by atoms with van der Waals surface area (Å²) in [6, 6.07) is 8.19. The van der Waals surface area contributed by atoms with Gasteiger partial charge < -0.3 is 5.73 Å². The van der Waals surface area contributed by atoms with Crippen LogP contribution in [-0.2, 0) is 10.0 Å². The normalized spacial score (nSPS) is 12.9. The van der Waals surface area contributed by atoms with Gasteiger partial charge in [0.1, 0.15) is 0 Å². The predicted octanol–water partition coefficient (Wildman–Crippen LogP) is 2.60. The van der Waals surface area contributed by atoms with Crippen molar-refractivity contribution in [2.24, 2.45) is 5.73 Å². The molecule has 0 aliphatic rings. The van der Waals surface area contributed by atoms with Crippen molar-refractivity contribution in [3.63, 3.8) is 0 Å². The van der Waals surface area contributed by atoms with Gasteiger partial charge in [-0.3, -0.25) is 9.71 Å². The first kappa shape index (κ1) is 15.5. The molecule has 0 bridgehead atoms. The molecule has 112 valence electrons. The Hall–Kier alpha value is -1.92. The number of benzene rings is 1. The van der Waals surface area contributed by atoms with Crippen LogP contribution in [0.4, 0.5) is 5.69 Å². The molecular formula is C15H19N3O2S. The van der Waals surface area contributed by atoms with Crippen molar-refractivity contribution in [2.45, 2.75) is 31.2 Å². The standard InChI is InChI=1S/C15H19N3O2S/c1-3-14(16)12-5-4-6-13(9-12)21(19,20)18-15-7-8-17-10-11(15)2/h4-10,14H,3,16H2,1-2H3,(H,17,18). The van der Waals surface area contributed by atoms with Crippen molar-refractivity contribution in [2.75, 3.05) is 4.72 Å². The van der Waals surface area contributed by atoms with E-state index < -0.39 is 10.0 Å². The fourth-order valence-corrected chi connectivity index (χ4v) is 3.12. The smallest absolute Gasteiger partial charge is 0.261 e. The predicted molar refractivity (Wildman–Crippen MR) is 83.4 cm³/mol. The van der Waals surface area contributed by atoms with E-state index in [1.165, 1.54) is 0 Å². The van der Waals surface area contributed by atoms with Crippen molar-refractivity contribution >= 4 is 15.7 Å². The third kappa shape index (κ3) is 3.59. The van der Waals surface area contributed by atoms with Crippen molar-refractivity contribution in [3.8, 4) is 0 Å². The van der Waals surface area contributed by atoms with E-state index in [1.54, 1.807) is 43.6 Å². The maximum atomic E-state index is 12.4. The lowest BCUT2D eigenvalue weighted by atomic mass is 10.1. The summed E-state index contributed by atoms with van der Waals surface area (Å²) in [6.45, 7) is 3.76. The summed E-state index contributed by atoms with van der Waals surface area (Å²) >= 11 is 0. The van der Waals surface area contributed by atoms with Crippen molar-refractivity contribution in [1.29, 1.82) is 0 Å². The van der Waals surface area contributed by atoms with E-state index in [2.05, 4.69) is 9.71 Å². The molecule has 0 saturated heterocycles. The fourth-order valence-electron chi connectivity index (χ4n) is 1.94. The minimum atomic E-state index is -3.63. The molecule has 0 spiro atoms. The molecular weight excluding hydrogens is 286 g/mol. The Labute approximate surface area is 125 Å². The summed E-state index contributed by atoms with van der Waals surface area (Å²) in [5, 5.41) is 0. The number of aromatic nitrogens is 1. The molecule has 1 aromatic carbocycles. The average molecular weight is 305 g/mol. The fraction of sp³-hybridized carbons (Fsp3) is 0.267. The van der Waals surface area contributed by atoms with Gasteiger partial charge in [0, 0.05) is 18.4 Å². The van der Waals surface area contributed by atoms with E-state index in [-0.39, 0.29) is 10.9 Å². The molecule has 0 aliphatic heterocycles. The molecule has 0 amide bonds. The highest BCUT2D eigenvalue weighted by Crippen LogP contribution is 2.21. The average Bonchev–Trinajstić information content (AvgIpc) is 2.49. The molecule has 1 atom stereocenters. The molecule has 0 aliphatic carbocycles. The minimum absolute atomic E-state index is 0.164. The van der Waals surface area contributed by atoms with Crippen LogP contribution < -0.4 is 10.5 Å². The molecule has 0 fully saturated rings. The van der Waals surface area contributed by atoms with Crippen molar-refractivity contribution < 1.29 is 8.42 Å². The minimum Gasteiger partial charge on any atom is -0.324 e. The monoisotopic (exact) mass is 305 g/mol. The second-order valence-electron chi connectivity index (χ2n) is 4.88. The van der Waals surface area contributed by atoms with Crippen LogP contribution in [0.3, 0.4) is 0 Å². The Morgan fingerprint density at radius 3 is 2.76 bits per heavy atom. The molecule has 0 radical (unpaired) electrons. The Balaban J connectivity index is 2.34. The number of aryl methyl sites for hydroxylation is 1. The quantitative estimate of drug-likeness (QED) is 0.889. The second kappa shape index (κ2) is 6.24. The molecule has 2 aromatic rings. The van der Waals surface area contributed by atoms with Crippen LogP contribution in [0.1, 0.15) is 30.5 Å². The lowest BCUT2D eigenvalue weighted by molar-refractivity contribution is 0.600. The lowest BCUT2D eigenvalue weighted by Gasteiger charge is -2.13. The molecule has 0 saturated carbocycles. The Morgan fingerprint density at radius 2 is 2.10 bits per heavy atom. The summed E-state index contributed by atoms with van der Waals surface area (Å²) in [5.74, 6) is 0. The largest absolute Gasteiger partial charge is 0.324 e. The van der Waals surface area contributed by atoms with Crippen molar-refractivity contribution in [1.82, 2.24) is 4.98 Å². The molecule has 1 heterocycles. The van der Waals surface area contributed by atoms with Gasteiger partial charge in [0.25, 0.3) is 10.0 Å². The summed E-state index contributed by atoms with van der Waals surface area (Å²) in [5.41, 5.74) is 8.06. The number of hydrogen-bond donors (Lipinski definition) is 2. The highest BCUT2D eigenvalue weighted by Gasteiger charge is 2.16. The Kier molecular flexibility index (Phi) is 4.59. The summed E-state index contributed by atoms with van der Waals surface area (Å²) in [6.07, 6.45) is 3.91. The molecule has 1 aromatic heterocycles. The van der Waals surface area contributed by atoms with Gasteiger partial charge in [-0.25, -0.2) is 8.42 Å². The van der Waals surface area contributed by atoms with E-state index >= 15 is 0 Å². The number of nitrogens with one attached hydrogen (secondary N) is 1. The number of hydrogen-bond acceptors (Lipinski definition) is 4. The van der Waals surface area contributed by atoms with Crippen LogP contribution in [0.15, 0.2) is 47.6 Å². The molecule has 6 heteroatoms. The van der Waals surface area contributed by atoms with Crippen LogP contribution in [0, 0.1) is 6.92 Å². The Morgan fingerprint density at radius 1 is 1.33 bits per heavy atom. The third-order valence-corrected chi connectivity index (χ3v) is 4.66. The number of rotatable bonds is 5. The van der Waals surface area contributed by atoms with Gasteiger partial charge >= 0.3 is 0 Å². The van der Waals surface area contributed by atoms with Gasteiger partial charge in [0.15, 0.2) is 0 Å². The highest BCUT2D eigenvalue weighted by atomic mass is 32.2. The molecule has 21 heavy (non-hydrogen) atoms. The molecule has 2 rings (SSSR count). The number of pyridine rings is 1. The van der Waals surface area contributed by atoms with E-state index in [0.29, 0.717) is 5.69 Å². The van der Waals surface area contributed by atoms with Gasteiger partial charge in [0.2, 0.25) is 0 Å². The van der Waals surface area contributed by atoms with Crippen LogP contribution in [-0.4, -0.2) is 13.4 Å². The highest BCUT2D eigenvalue weighted by molar-refractivity contribution is 7.92.